The van der Waals surface area contributed by atoms with Crippen molar-refractivity contribution in [3.8, 4) is 23.3 Å². The highest BCUT2D eigenvalue weighted by atomic mass is 16.3. The zero-order valence-corrected chi connectivity index (χ0v) is 7.32. The Kier molecular flexibility index (Phi) is 3.10. The van der Waals surface area contributed by atoms with Crippen LogP contribution >= 0.6 is 0 Å². The fourth-order valence-corrected chi connectivity index (χ4v) is 0.934. The lowest BCUT2D eigenvalue weighted by Crippen LogP contribution is -1.93. The molecule has 4 N–H and O–H groups in total. The minimum absolute atomic E-state index is 0.0285. The molecule has 0 aromatic heterocycles. The van der Waals surface area contributed by atoms with Gasteiger partial charge in [-0.2, -0.15) is 0 Å². The van der Waals surface area contributed by atoms with Crippen molar-refractivity contribution in [1.82, 2.24) is 0 Å². The number of nitrogens with two attached hydrogens (primary N) is 1. The molecule has 0 bridgehead atoms. The van der Waals surface area contributed by atoms with Gasteiger partial charge in [-0.3, -0.25) is 4.79 Å². The van der Waals surface area contributed by atoms with Crippen LogP contribution in [0.15, 0.2) is 12.1 Å². The van der Waals surface area contributed by atoms with E-state index in [0.29, 0.717) is 6.29 Å². The van der Waals surface area contributed by atoms with Gasteiger partial charge in [0.2, 0.25) is 0 Å². The molecule has 14 heavy (non-hydrogen) atoms. The summed E-state index contributed by atoms with van der Waals surface area (Å²) in [6.07, 6.45) is 0.454. The number of rotatable bonds is 1. The quantitative estimate of drug-likeness (QED) is 0.337. The average molecular weight is 191 g/mol. The molecule has 1 aromatic carbocycles. The van der Waals surface area contributed by atoms with Gasteiger partial charge in [0.05, 0.1) is 17.7 Å². The van der Waals surface area contributed by atoms with Crippen molar-refractivity contribution in [3.63, 3.8) is 0 Å². The average Bonchev–Trinajstić information content (AvgIpc) is 2.18. The van der Waals surface area contributed by atoms with Crippen LogP contribution in [0.2, 0.25) is 0 Å². The van der Waals surface area contributed by atoms with Crippen LogP contribution in [-0.4, -0.2) is 23.0 Å². The molecular formula is C10H9NO3. The number of benzene rings is 1. The van der Waals surface area contributed by atoms with Gasteiger partial charge in [0, 0.05) is 0 Å². The number of phenols is 2. The second-order valence-electron chi connectivity index (χ2n) is 2.55. The Labute approximate surface area is 81.0 Å². The lowest BCUT2D eigenvalue weighted by molar-refractivity contribution is 0.112. The van der Waals surface area contributed by atoms with Gasteiger partial charge in [-0.05, 0) is 12.1 Å². The number of carbonyl (C=O) groups is 1. The Bertz CT molecular complexity index is 415. The van der Waals surface area contributed by atoms with E-state index in [1.807, 2.05) is 0 Å². The van der Waals surface area contributed by atoms with Crippen LogP contribution in [0.4, 0.5) is 0 Å². The van der Waals surface area contributed by atoms with E-state index in [4.69, 9.17) is 5.73 Å². The second-order valence-corrected chi connectivity index (χ2v) is 2.55. The fraction of sp³-hybridized carbons (Fsp3) is 0.100. The third kappa shape index (κ3) is 2.03. The van der Waals surface area contributed by atoms with Crippen molar-refractivity contribution in [2.24, 2.45) is 5.73 Å². The van der Waals surface area contributed by atoms with E-state index < -0.39 is 0 Å². The first kappa shape index (κ1) is 10.1. The van der Waals surface area contributed by atoms with Crippen LogP contribution in [0.3, 0.4) is 0 Å². The van der Waals surface area contributed by atoms with Crippen LogP contribution < -0.4 is 5.73 Å². The summed E-state index contributed by atoms with van der Waals surface area (Å²) in [5, 5.41) is 18.6. The zero-order valence-electron chi connectivity index (χ0n) is 7.32. The number of hydrogen-bond donors (Lipinski definition) is 3. The molecule has 0 unspecified atom stereocenters. The maximum absolute atomic E-state index is 10.4. The SMILES string of the molecule is NCC#Cc1cc(O)c(C=O)cc1O. The molecule has 0 spiro atoms. The van der Waals surface area contributed by atoms with E-state index in [1.165, 1.54) is 6.07 Å². The molecule has 4 nitrogen and oxygen atoms in total. The van der Waals surface area contributed by atoms with E-state index in [2.05, 4.69) is 11.8 Å². The second kappa shape index (κ2) is 4.30. The third-order valence-corrected chi connectivity index (χ3v) is 1.60. The minimum atomic E-state index is -0.209. The normalized spacial score (nSPS) is 8.93. The summed E-state index contributed by atoms with van der Waals surface area (Å²) in [4.78, 5) is 10.4. The Hall–Kier alpha value is -1.99. The first-order valence-electron chi connectivity index (χ1n) is 3.89. The van der Waals surface area contributed by atoms with Crippen LogP contribution in [0.5, 0.6) is 11.5 Å². The molecule has 0 atom stereocenters. The van der Waals surface area contributed by atoms with Crippen LogP contribution in [0.25, 0.3) is 0 Å². The number of aldehydes is 1. The van der Waals surface area contributed by atoms with Gasteiger partial charge in [-0.1, -0.05) is 11.8 Å². The van der Waals surface area contributed by atoms with Gasteiger partial charge in [0.1, 0.15) is 11.5 Å². The Balaban J connectivity index is 3.21. The van der Waals surface area contributed by atoms with Crippen molar-refractivity contribution in [3.05, 3.63) is 23.3 Å². The number of aromatic hydroxyl groups is 2. The molecule has 0 saturated carbocycles. The molecule has 0 aliphatic heterocycles. The largest absolute Gasteiger partial charge is 0.507 e. The highest BCUT2D eigenvalue weighted by molar-refractivity contribution is 5.80. The van der Waals surface area contributed by atoms with Gasteiger partial charge >= 0.3 is 0 Å². The molecule has 72 valence electrons. The van der Waals surface area contributed by atoms with Crippen molar-refractivity contribution < 1.29 is 15.0 Å². The van der Waals surface area contributed by atoms with Crippen LogP contribution in [0.1, 0.15) is 15.9 Å². The molecule has 4 heteroatoms. The lowest BCUT2D eigenvalue weighted by atomic mass is 10.1. The first-order valence-corrected chi connectivity index (χ1v) is 3.89. The Morgan fingerprint density at radius 3 is 2.64 bits per heavy atom. The first-order chi connectivity index (χ1) is 6.69. The van der Waals surface area contributed by atoms with Crippen molar-refractivity contribution >= 4 is 6.29 Å². The number of phenolic OH excluding ortho intramolecular Hbond substituents is 2. The number of carbonyl (C=O) groups excluding carboxylic acids is 1. The van der Waals surface area contributed by atoms with Gasteiger partial charge in [0.25, 0.3) is 0 Å². The summed E-state index contributed by atoms with van der Waals surface area (Å²) in [6.45, 7) is 0.162. The standard InChI is InChI=1S/C10H9NO3/c11-3-1-2-7-4-10(14)8(6-12)5-9(7)13/h4-6,13-14H,3,11H2. The molecule has 1 rings (SSSR count). The predicted octanol–water partition coefficient (Wildman–Crippen LogP) is 0.221. The lowest BCUT2D eigenvalue weighted by Gasteiger charge is -2.00. The third-order valence-electron chi connectivity index (χ3n) is 1.60. The van der Waals surface area contributed by atoms with E-state index in [9.17, 15) is 15.0 Å². The van der Waals surface area contributed by atoms with Crippen molar-refractivity contribution in [2.45, 2.75) is 0 Å². The zero-order chi connectivity index (χ0) is 10.6. The molecule has 0 fully saturated rings. The Morgan fingerprint density at radius 1 is 1.36 bits per heavy atom. The summed E-state index contributed by atoms with van der Waals surface area (Å²) >= 11 is 0. The molecule has 0 amide bonds. The van der Waals surface area contributed by atoms with E-state index in [0.717, 1.165) is 6.07 Å². The summed E-state index contributed by atoms with van der Waals surface area (Å²) in [7, 11) is 0. The molecule has 0 aliphatic carbocycles. The topological polar surface area (TPSA) is 83.5 Å². The summed E-state index contributed by atoms with van der Waals surface area (Å²) in [5.41, 5.74) is 5.42. The van der Waals surface area contributed by atoms with Crippen LogP contribution in [0, 0.1) is 11.8 Å². The summed E-state index contributed by atoms with van der Waals surface area (Å²) in [5.74, 6) is 4.74. The summed E-state index contributed by atoms with van der Waals surface area (Å²) in [6, 6.07) is 2.38. The molecule has 1 aromatic rings. The Morgan fingerprint density at radius 2 is 2.07 bits per heavy atom. The molecule has 0 radical (unpaired) electrons. The molecular weight excluding hydrogens is 182 g/mol. The highest BCUT2D eigenvalue weighted by Crippen LogP contribution is 2.25. The van der Waals surface area contributed by atoms with Crippen molar-refractivity contribution in [2.75, 3.05) is 6.54 Å². The monoisotopic (exact) mass is 191 g/mol. The van der Waals surface area contributed by atoms with Gasteiger partial charge in [0.15, 0.2) is 6.29 Å². The molecule has 0 heterocycles. The highest BCUT2D eigenvalue weighted by Gasteiger charge is 2.05. The minimum Gasteiger partial charge on any atom is -0.507 e. The van der Waals surface area contributed by atoms with E-state index in [-0.39, 0.29) is 29.2 Å². The maximum Gasteiger partial charge on any atom is 0.153 e. The van der Waals surface area contributed by atoms with Gasteiger partial charge in [-0.25, -0.2) is 0 Å². The van der Waals surface area contributed by atoms with Gasteiger partial charge < -0.3 is 15.9 Å². The molecule has 0 saturated heterocycles. The van der Waals surface area contributed by atoms with E-state index >= 15 is 0 Å². The van der Waals surface area contributed by atoms with Gasteiger partial charge in [-0.15, -0.1) is 0 Å². The summed E-state index contributed by atoms with van der Waals surface area (Å²) < 4.78 is 0. The maximum atomic E-state index is 10.4. The van der Waals surface area contributed by atoms with E-state index in [1.54, 1.807) is 0 Å². The fourth-order valence-electron chi connectivity index (χ4n) is 0.934. The smallest absolute Gasteiger partial charge is 0.153 e. The van der Waals surface area contributed by atoms with Crippen LogP contribution in [-0.2, 0) is 0 Å². The van der Waals surface area contributed by atoms with Crippen molar-refractivity contribution in [1.29, 1.82) is 0 Å². The number of hydrogen-bond acceptors (Lipinski definition) is 4. The predicted molar refractivity (Wildman–Crippen MR) is 51.1 cm³/mol. The molecule has 0 aliphatic rings.